The first-order valence-electron chi connectivity index (χ1n) is 6.82. The van der Waals surface area contributed by atoms with Crippen LogP contribution in [0.25, 0.3) is 0 Å². The van der Waals surface area contributed by atoms with Crippen LogP contribution in [0.3, 0.4) is 0 Å². The largest absolute Gasteiger partial charge is 0.317 e. The monoisotopic (exact) mass is 232 g/mol. The van der Waals surface area contributed by atoms with Gasteiger partial charge in [-0.3, -0.25) is 4.90 Å². The zero-order valence-electron chi connectivity index (χ0n) is 11.1. The van der Waals surface area contributed by atoms with Crippen LogP contribution in [0.4, 0.5) is 0 Å². The van der Waals surface area contributed by atoms with E-state index in [0.717, 1.165) is 26.2 Å². The molecule has 0 saturated carbocycles. The quantitative estimate of drug-likeness (QED) is 0.759. The molecule has 1 heterocycles. The maximum atomic E-state index is 3.39. The summed E-state index contributed by atoms with van der Waals surface area (Å²) in [6.45, 7) is 9.04. The van der Waals surface area contributed by atoms with E-state index < -0.39 is 0 Å². The van der Waals surface area contributed by atoms with Crippen LogP contribution in [0.15, 0.2) is 24.3 Å². The Bertz CT molecular complexity index is 324. The van der Waals surface area contributed by atoms with Crippen LogP contribution in [0.2, 0.25) is 0 Å². The third kappa shape index (κ3) is 3.30. The fourth-order valence-electron chi connectivity index (χ4n) is 2.55. The fourth-order valence-corrected chi connectivity index (χ4v) is 2.55. The van der Waals surface area contributed by atoms with Crippen molar-refractivity contribution in [3.8, 4) is 0 Å². The molecule has 1 unspecified atom stereocenters. The summed E-state index contributed by atoms with van der Waals surface area (Å²) < 4.78 is 0. The standard InChI is InChI=1S/C15H24N2/c1-3-16-10-6-7-13(2)17-11-14-8-4-5-9-15(14)12-17/h4-5,8-9,13,16H,3,6-7,10-12H2,1-2H3. The first kappa shape index (κ1) is 12.6. The van der Waals surface area contributed by atoms with Gasteiger partial charge in [0.2, 0.25) is 0 Å². The summed E-state index contributed by atoms with van der Waals surface area (Å²) in [6, 6.07) is 9.53. The molecule has 2 nitrogen and oxygen atoms in total. The van der Waals surface area contributed by atoms with Crippen LogP contribution in [0.5, 0.6) is 0 Å². The first-order valence-corrected chi connectivity index (χ1v) is 6.82. The molecule has 0 radical (unpaired) electrons. The lowest BCUT2D eigenvalue weighted by Crippen LogP contribution is -2.28. The van der Waals surface area contributed by atoms with Gasteiger partial charge >= 0.3 is 0 Å². The minimum atomic E-state index is 0.695. The Morgan fingerprint density at radius 3 is 2.47 bits per heavy atom. The van der Waals surface area contributed by atoms with E-state index in [4.69, 9.17) is 0 Å². The predicted molar refractivity (Wildman–Crippen MR) is 72.9 cm³/mol. The molecule has 17 heavy (non-hydrogen) atoms. The van der Waals surface area contributed by atoms with Crippen molar-refractivity contribution in [2.24, 2.45) is 0 Å². The minimum Gasteiger partial charge on any atom is -0.317 e. The number of hydrogen-bond acceptors (Lipinski definition) is 2. The molecule has 1 aliphatic rings. The zero-order valence-corrected chi connectivity index (χ0v) is 11.1. The summed E-state index contributed by atoms with van der Waals surface area (Å²) in [6.07, 6.45) is 2.57. The molecular formula is C15H24N2. The fraction of sp³-hybridized carbons (Fsp3) is 0.600. The molecular weight excluding hydrogens is 208 g/mol. The highest BCUT2D eigenvalue weighted by atomic mass is 15.2. The topological polar surface area (TPSA) is 15.3 Å². The lowest BCUT2D eigenvalue weighted by molar-refractivity contribution is 0.200. The molecule has 2 rings (SSSR count). The molecule has 1 aromatic carbocycles. The first-order chi connectivity index (χ1) is 8.31. The second kappa shape index (κ2) is 6.18. The van der Waals surface area contributed by atoms with Crippen molar-refractivity contribution in [2.75, 3.05) is 13.1 Å². The van der Waals surface area contributed by atoms with Crippen LogP contribution >= 0.6 is 0 Å². The minimum absolute atomic E-state index is 0.695. The summed E-state index contributed by atoms with van der Waals surface area (Å²) in [7, 11) is 0. The molecule has 0 aromatic heterocycles. The lowest BCUT2D eigenvalue weighted by Gasteiger charge is -2.23. The number of fused-ring (bicyclic) bond motifs is 1. The van der Waals surface area contributed by atoms with E-state index in [1.807, 2.05) is 0 Å². The molecule has 1 N–H and O–H groups in total. The van der Waals surface area contributed by atoms with Gasteiger partial charge in [0.15, 0.2) is 0 Å². The van der Waals surface area contributed by atoms with E-state index >= 15 is 0 Å². The summed E-state index contributed by atoms with van der Waals surface area (Å²) >= 11 is 0. The molecule has 1 aromatic rings. The Kier molecular flexibility index (Phi) is 4.57. The molecule has 1 aliphatic heterocycles. The van der Waals surface area contributed by atoms with Gasteiger partial charge in [-0.05, 0) is 44.0 Å². The van der Waals surface area contributed by atoms with E-state index in [2.05, 4.69) is 48.3 Å². The van der Waals surface area contributed by atoms with E-state index in [1.165, 1.54) is 24.0 Å². The Labute approximate surface area is 105 Å². The summed E-state index contributed by atoms with van der Waals surface area (Å²) in [5.74, 6) is 0. The maximum Gasteiger partial charge on any atom is 0.0243 e. The molecule has 0 spiro atoms. The molecule has 1 atom stereocenters. The van der Waals surface area contributed by atoms with Gasteiger partial charge in [0.25, 0.3) is 0 Å². The van der Waals surface area contributed by atoms with Crippen molar-refractivity contribution >= 4 is 0 Å². The zero-order chi connectivity index (χ0) is 12.1. The van der Waals surface area contributed by atoms with Gasteiger partial charge in [0.05, 0.1) is 0 Å². The van der Waals surface area contributed by atoms with Crippen LogP contribution in [0, 0.1) is 0 Å². The molecule has 0 amide bonds. The van der Waals surface area contributed by atoms with Gasteiger partial charge in [0.1, 0.15) is 0 Å². The van der Waals surface area contributed by atoms with Crippen LogP contribution < -0.4 is 5.32 Å². The van der Waals surface area contributed by atoms with Crippen molar-refractivity contribution in [1.29, 1.82) is 0 Å². The van der Waals surface area contributed by atoms with Gasteiger partial charge < -0.3 is 5.32 Å². The van der Waals surface area contributed by atoms with Gasteiger partial charge in [-0.15, -0.1) is 0 Å². The van der Waals surface area contributed by atoms with Crippen LogP contribution in [-0.4, -0.2) is 24.0 Å². The van der Waals surface area contributed by atoms with Crippen LogP contribution in [-0.2, 0) is 13.1 Å². The highest BCUT2D eigenvalue weighted by Crippen LogP contribution is 2.25. The normalized spacial score (nSPS) is 17.1. The maximum absolute atomic E-state index is 3.39. The second-order valence-electron chi connectivity index (χ2n) is 5.02. The lowest BCUT2D eigenvalue weighted by atomic mass is 10.1. The number of benzene rings is 1. The molecule has 2 heteroatoms. The smallest absolute Gasteiger partial charge is 0.0243 e. The van der Waals surface area contributed by atoms with Gasteiger partial charge in [-0.1, -0.05) is 31.2 Å². The third-order valence-electron chi connectivity index (χ3n) is 3.71. The van der Waals surface area contributed by atoms with Crippen molar-refractivity contribution in [2.45, 2.75) is 45.8 Å². The van der Waals surface area contributed by atoms with Gasteiger partial charge in [0, 0.05) is 19.1 Å². The molecule has 0 aliphatic carbocycles. The van der Waals surface area contributed by atoms with Crippen molar-refractivity contribution in [3.63, 3.8) is 0 Å². The van der Waals surface area contributed by atoms with E-state index in [0.29, 0.717) is 6.04 Å². The van der Waals surface area contributed by atoms with Crippen LogP contribution in [0.1, 0.15) is 37.8 Å². The average molecular weight is 232 g/mol. The van der Waals surface area contributed by atoms with E-state index in [9.17, 15) is 0 Å². The van der Waals surface area contributed by atoms with Crippen molar-refractivity contribution < 1.29 is 0 Å². The Hall–Kier alpha value is -0.860. The third-order valence-corrected chi connectivity index (χ3v) is 3.71. The van der Waals surface area contributed by atoms with Gasteiger partial charge in [-0.2, -0.15) is 0 Å². The number of hydrogen-bond donors (Lipinski definition) is 1. The van der Waals surface area contributed by atoms with Crippen molar-refractivity contribution in [3.05, 3.63) is 35.4 Å². The Balaban J connectivity index is 1.78. The molecule has 0 bridgehead atoms. The molecule has 0 saturated heterocycles. The number of nitrogens with one attached hydrogen (secondary N) is 1. The summed E-state index contributed by atoms with van der Waals surface area (Å²) in [5, 5.41) is 3.39. The Morgan fingerprint density at radius 2 is 1.88 bits per heavy atom. The average Bonchev–Trinajstić information content (AvgIpc) is 2.78. The number of nitrogens with zero attached hydrogens (tertiary/aromatic N) is 1. The van der Waals surface area contributed by atoms with E-state index in [-0.39, 0.29) is 0 Å². The highest BCUT2D eigenvalue weighted by molar-refractivity contribution is 5.30. The molecule has 94 valence electrons. The summed E-state index contributed by atoms with van der Waals surface area (Å²) in [5.41, 5.74) is 3.04. The SMILES string of the molecule is CCNCCCC(C)N1Cc2ccccc2C1. The molecule has 0 fully saturated rings. The van der Waals surface area contributed by atoms with Gasteiger partial charge in [-0.25, -0.2) is 0 Å². The van der Waals surface area contributed by atoms with Crippen molar-refractivity contribution in [1.82, 2.24) is 10.2 Å². The predicted octanol–water partition coefficient (Wildman–Crippen LogP) is 2.78. The Morgan fingerprint density at radius 1 is 1.24 bits per heavy atom. The van der Waals surface area contributed by atoms with E-state index in [1.54, 1.807) is 0 Å². The number of rotatable bonds is 6. The second-order valence-corrected chi connectivity index (χ2v) is 5.02. The highest BCUT2D eigenvalue weighted by Gasteiger charge is 2.21. The summed E-state index contributed by atoms with van der Waals surface area (Å²) in [4.78, 5) is 2.59.